The number of aromatic nitrogens is 1. The third-order valence-electron chi connectivity index (χ3n) is 2.54. The van der Waals surface area contributed by atoms with Crippen LogP contribution in [0.25, 0.3) is 11.1 Å². The molecule has 1 aromatic carbocycles. The molecule has 2 aromatic rings. The first-order chi connectivity index (χ1) is 8.29. The molecule has 0 fully saturated rings. The molecule has 1 aromatic heterocycles. The van der Waals surface area contributed by atoms with Crippen LogP contribution in [0, 0.1) is 5.92 Å². The Bertz CT molecular complexity index is 677. The summed E-state index contributed by atoms with van der Waals surface area (Å²) in [6.45, 7) is 3.33. The first-order valence-corrected chi connectivity index (χ1v) is 7.19. The number of fused-ring (bicyclic) bond motifs is 1. The van der Waals surface area contributed by atoms with Crippen molar-refractivity contribution in [1.29, 1.82) is 0 Å². The van der Waals surface area contributed by atoms with E-state index in [0.717, 1.165) is 0 Å². The van der Waals surface area contributed by atoms with E-state index in [-0.39, 0.29) is 11.8 Å². The summed E-state index contributed by atoms with van der Waals surface area (Å²) in [5, 5.41) is -0.695. The molecule has 0 saturated carbocycles. The molecular weight excluding hydrogens is 278 g/mol. The van der Waals surface area contributed by atoms with Gasteiger partial charge < -0.3 is 4.42 Å². The highest BCUT2D eigenvalue weighted by Gasteiger charge is 2.33. The van der Waals surface area contributed by atoms with Crippen molar-refractivity contribution >= 4 is 32.8 Å². The molecule has 5 nitrogen and oxygen atoms in total. The first-order valence-electron chi connectivity index (χ1n) is 5.31. The average molecular weight is 290 g/mol. The largest absolute Gasteiger partial charge is 0.439 e. The molecular formula is C11H12ClNO4S. The Morgan fingerprint density at radius 3 is 2.61 bits per heavy atom. The molecule has 1 unspecified atom stereocenters. The highest BCUT2D eigenvalue weighted by atomic mass is 35.5. The van der Waals surface area contributed by atoms with Crippen LogP contribution in [0.3, 0.4) is 0 Å². The fraction of sp³-hybridized carbons (Fsp3) is 0.364. The minimum absolute atomic E-state index is 0.0234. The number of hydrogen-bond acceptors (Lipinski definition) is 4. The van der Waals surface area contributed by atoms with Crippen molar-refractivity contribution in [2.24, 2.45) is 5.92 Å². The number of hydrogen-bond donors (Lipinski definition) is 1. The third kappa shape index (κ3) is 2.50. The zero-order chi connectivity index (χ0) is 13.5. The van der Waals surface area contributed by atoms with E-state index in [9.17, 15) is 13.0 Å². The minimum atomic E-state index is -4.26. The van der Waals surface area contributed by atoms with Crippen molar-refractivity contribution in [2.75, 3.05) is 0 Å². The van der Waals surface area contributed by atoms with Gasteiger partial charge in [0.15, 0.2) is 10.8 Å². The van der Waals surface area contributed by atoms with Gasteiger partial charge in [-0.15, -0.1) is 0 Å². The van der Waals surface area contributed by atoms with Gasteiger partial charge in [0.25, 0.3) is 10.1 Å². The SMILES string of the molecule is CC(C)C(c1nc2cc(Cl)ccc2o1)S(=O)(=O)O. The molecule has 18 heavy (non-hydrogen) atoms. The predicted molar refractivity (Wildman–Crippen MR) is 68.1 cm³/mol. The normalized spacial score (nSPS) is 14.3. The van der Waals surface area contributed by atoms with Gasteiger partial charge in [0.1, 0.15) is 5.52 Å². The Morgan fingerprint density at radius 2 is 2.06 bits per heavy atom. The Hall–Kier alpha value is -1.11. The fourth-order valence-corrected chi connectivity index (χ4v) is 3.01. The lowest BCUT2D eigenvalue weighted by atomic mass is 10.1. The van der Waals surface area contributed by atoms with Crippen molar-refractivity contribution in [3.63, 3.8) is 0 Å². The maximum absolute atomic E-state index is 11.3. The topological polar surface area (TPSA) is 80.4 Å². The molecule has 1 heterocycles. The maximum atomic E-state index is 11.3. The summed E-state index contributed by atoms with van der Waals surface area (Å²) < 4.78 is 37.3. The van der Waals surface area contributed by atoms with Crippen molar-refractivity contribution in [2.45, 2.75) is 19.1 Å². The van der Waals surface area contributed by atoms with Crippen LogP contribution < -0.4 is 0 Å². The lowest BCUT2D eigenvalue weighted by Gasteiger charge is -2.13. The lowest BCUT2D eigenvalue weighted by molar-refractivity contribution is 0.407. The summed E-state index contributed by atoms with van der Waals surface area (Å²) >= 11 is 5.81. The van der Waals surface area contributed by atoms with E-state index in [1.807, 2.05) is 0 Å². The highest BCUT2D eigenvalue weighted by Crippen LogP contribution is 2.31. The van der Waals surface area contributed by atoms with Crippen molar-refractivity contribution in [1.82, 2.24) is 4.98 Å². The molecule has 0 saturated heterocycles. The van der Waals surface area contributed by atoms with Gasteiger partial charge in [0.2, 0.25) is 5.89 Å². The van der Waals surface area contributed by atoms with Crippen molar-refractivity contribution in [3.05, 3.63) is 29.1 Å². The third-order valence-corrected chi connectivity index (χ3v) is 4.16. The zero-order valence-corrected chi connectivity index (χ0v) is 11.4. The standard InChI is InChI=1S/C11H12ClNO4S/c1-6(2)10(18(14,15)16)11-13-8-5-7(12)3-4-9(8)17-11/h3-6,10H,1-2H3,(H,14,15,16). The maximum Gasteiger partial charge on any atom is 0.277 e. The zero-order valence-electron chi connectivity index (χ0n) is 9.79. The van der Waals surface area contributed by atoms with E-state index < -0.39 is 15.4 Å². The van der Waals surface area contributed by atoms with Gasteiger partial charge in [-0.2, -0.15) is 8.42 Å². The number of nitrogens with zero attached hydrogens (tertiary/aromatic N) is 1. The van der Waals surface area contributed by atoms with Crippen LogP contribution in [-0.4, -0.2) is 18.0 Å². The second kappa shape index (κ2) is 4.53. The summed E-state index contributed by atoms with van der Waals surface area (Å²) in [6.07, 6.45) is 0. The Labute approximate surface area is 110 Å². The smallest absolute Gasteiger partial charge is 0.277 e. The van der Waals surface area contributed by atoms with Crippen molar-refractivity contribution < 1.29 is 17.4 Å². The van der Waals surface area contributed by atoms with Crippen LogP contribution in [-0.2, 0) is 10.1 Å². The van der Waals surface area contributed by atoms with E-state index in [2.05, 4.69) is 4.98 Å². The number of rotatable bonds is 3. The van der Waals surface area contributed by atoms with E-state index in [4.69, 9.17) is 16.0 Å². The van der Waals surface area contributed by atoms with E-state index >= 15 is 0 Å². The summed E-state index contributed by atoms with van der Waals surface area (Å²) in [7, 11) is -4.26. The molecule has 1 atom stereocenters. The van der Waals surface area contributed by atoms with Crippen molar-refractivity contribution in [3.8, 4) is 0 Å². The van der Waals surface area contributed by atoms with Gasteiger partial charge in [-0.3, -0.25) is 4.55 Å². The number of benzene rings is 1. The Morgan fingerprint density at radius 1 is 1.39 bits per heavy atom. The van der Waals surface area contributed by atoms with Gasteiger partial charge in [0, 0.05) is 5.02 Å². The van der Waals surface area contributed by atoms with Crippen LogP contribution >= 0.6 is 11.6 Å². The molecule has 98 valence electrons. The Kier molecular flexibility index (Phi) is 3.35. The highest BCUT2D eigenvalue weighted by molar-refractivity contribution is 7.86. The molecule has 0 radical (unpaired) electrons. The molecule has 0 bridgehead atoms. The molecule has 1 N–H and O–H groups in total. The van der Waals surface area contributed by atoms with E-state index in [1.165, 1.54) is 0 Å². The van der Waals surface area contributed by atoms with Crippen LogP contribution in [0.4, 0.5) is 0 Å². The summed E-state index contributed by atoms with van der Waals surface area (Å²) in [6, 6.07) is 4.80. The monoisotopic (exact) mass is 289 g/mol. The summed E-state index contributed by atoms with van der Waals surface area (Å²) in [5.74, 6) is -0.381. The lowest BCUT2D eigenvalue weighted by Crippen LogP contribution is -2.18. The molecule has 0 amide bonds. The van der Waals surface area contributed by atoms with Crippen LogP contribution in [0.5, 0.6) is 0 Å². The molecule has 2 rings (SSSR count). The molecule has 0 aliphatic heterocycles. The molecule has 0 spiro atoms. The van der Waals surface area contributed by atoms with Crippen LogP contribution in [0.1, 0.15) is 25.0 Å². The van der Waals surface area contributed by atoms with Gasteiger partial charge in [-0.05, 0) is 24.1 Å². The van der Waals surface area contributed by atoms with Crippen LogP contribution in [0.2, 0.25) is 5.02 Å². The van der Waals surface area contributed by atoms with E-state index in [0.29, 0.717) is 16.1 Å². The molecule has 0 aliphatic rings. The van der Waals surface area contributed by atoms with Crippen LogP contribution in [0.15, 0.2) is 22.6 Å². The Balaban J connectivity index is 2.59. The van der Waals surface area contributed by atoms with Gasteiger partial charge in [-0.25, -0.2) is 4.98 Å². The van der Waals surface area contributed by atoms with Gasteiger partial charge >= 0.3 is 0 Å². The number of oxazole rings is 1. The minimum Gasteiger partial charge on any atom is -0.439 e. The molecule has 0 aliphatic carbocycles. The quantitative estimate of drug-likeness (QED) is 0.878. The predicted octanol–water partition coefficient (Wildman–Crippen LogP) is 3.07. The summed E-state index contributed by atoms with van der Waals surface area (Å²) in [5.41, 5.74) is 0.899. The van der Waals surface area contributed by atoms with E-state index in [1.54, 1.807) is 32.0 Å². The fourth-order valence-electron chi connectivity index (χ4n) is 1.80. The first kappa shape index (κ1) is 13.3. The second-order valence-corrected chi connectivity index (χ2v) is 6.32. The summed E-state index contributed by atoms with van der Waals surface area (Å²) in [4.78, 5) is 4.07. The average Bonchev–Trinajstić information content (AvgIpc) is 2.56. The van der Waals surface area contributed by atoms with Gasteiger partial charge in [0.05, 0.1) is 0 Å². The number of halogens is 1. The molecule has 7 heteroatoms. The second-order valence-electron chi connectivity index (χ2n) is 4.34. The van der Waals surface area contributed by atoms with Gasteiger partial charge in [-0.1, -0.05) is 25.4 Å².